The van der Waals surface area contributed by atoms with Gasteiger partial charge in [0, 0.05) is 38.3 Å². The second kappa shape index (κ2) is 8.54. The van der Waals surface area contributed by atoms with Gasteiger partial charge in [0.15, 0.2) is 0 Å². The number of benzene rings is 1. The Morgan fingerprint density at radius 3 is 2.62 bits per heavy atom. The number of aliphatic hydroxyl groups is 1. The number of imidazole rings is 1. The summed E-state index contributed by atoms with van der Waals surface area (Å²) in [6, 6.07) is 7.11. The number of carbonyl (C=O) groups is 1. The van der Waals surface area contributed by atoms with Crippen LogP contribution in [0.1, 0.15) is 34.5 Å². The molecule has 0 fully saturated rings. The fourth-order valence-electron chi connectivity index (χ4n) is 3.89. The van der Waals surface area contributed by atoms with Gasteiger partial charge in [-0.3, -0.25) is 4.90 Å². The largest absolute Gasteiger partial charge is 0.490 e. The van der Waals surface area contributed by atoms with Gasteiger partial charge < -0.3 is 14.8 Å². The van der Waals surface area contributed by atoms with Crippen molar-refractivity contribution in [2.45, 2.75) is 51.0 Å². The molecule has 0 spiro atoms. The predicted octanol–water partition coefficient (Wildman–Crippen LogP) is 2.46. The number of carboxylic acids is 1. The Kier molecular flexibility index (Phi) is 6.28. The Hall–Kier alpha value is -2.39. The summed E-state index contributed by atoms with van der Waals surface area (Å²) in [5.74, 6) is -2.76. The van der Waals surface area contributed by atoms with Gasteiger partial charge in [-0.2, -0.15) is 13.2 Å². The third-order valence-corrected chi connectivity index (χ3v) is 5.45. The highest BCUT2D eigenvalue weighted by Crippen LogP contribution is 2.27. The molecule has 0 radical (unpaired) electrons. The van der Waals surface area contributed by atoms with Gasteiger partial charge in [-0.1, -0.05) is 18.2 Å². The van der Waals surface area contributed by atoms with Gasteiger partial charge in [-0.05, 0) is 36.0 Å². The molecule has 0 saturated heterocycles. The van der Waals surface area contributed by atoms with Crippen molar-refractivity contribution in [1.82, 2.24) is 14.5 Å². The van der Waals surface area contributed by atoms with Gasteiger partial charge in [0.25, 0.3) is 0 Å². The van der Waals surface area contributed by atoms with Gasteiger partial charge in [-0.25, -0.2) is 9.78 Å². The lowest BCUT2D eigenvalue weighted by atomic mass is 10.0. The zero-order valence-electron chi connectivity index (χ0n) is 16.1. The third kappa shape index (κ3) is 4.97. The fraction of sp³-hybridized carbons (Fsp3) is 0.500. The Morgan fingerprint density at radius 2 is 1.97 bits per heavy atom. The Labute approximate surface area is 166 Å². The first-order valence-corrected chi connectivity index (χ1v) is 9.43. The predicted molar refractivity (Wildman–Crippen MR) is 99.2 cm³/mol. The molecule has 2 aromatic rings. The van der Waals surface area contributed by atoms with Crippen molar-refractivity contribution >= 4 is 5.97 Å². The number of nitrogens with zero attached hydrogens (tertiary/aromatic N) is 3. The molecule has 158 valence electrons. The van der Waals surface area contributed by atoms with E-state index >= 15 is 0 Å². The first kappa shape index (κ1) is 21.3. The number of aromatic nitrogens is 2. The van der Waals surface area contributed by atoms with Gasteiger partial charge in [0.1, 0.15) is 0 Å². The number of aliphatic hydroxyl groups excluding tert-OH is 1. The average molecular weight is 411 g/mol. The summed E-state index contributed by atoms with van der Waals surface area (Å²) in [6.45, 7) is 1.93. The van der Waals surface area contributed by atoms with Gasteiger partial charge in [-0.15, -0.1) is 0 Å². The summed E-state index contributed by atoms with van der Waals surface area (Å²) in [7, 11) is 2.04. The Bertz CT molecular complexity index is 880. The summed E-state index contributed by atoms with van der Waals surface area (Å²) < 4.78 is 33.8. The number of rotatable bonds is 3. The normalized spacial score (nSPS) is 18.6. The lowest BCUT2D eigenvalue weighted by Gasteiger charge is -2.34. The molecule has 2 heterocycles. The molecule has 2 aliphatic rings. The molecule has 1 unspecified atom stereocenters. The van der Waals surface area contributed by atoms with Crippen LogP contribution in [-0.4, -0.2) is 49.5 Å². The van der Waals surface area contributed by atoms with E-state index in [1.54, 1.807) is 0 Å². The lowest BCUT2D eigenvalue weighted by Crippen LogP contribution is -2.42. The lowest BCUT2D eigenvalue weighted by molar-refractivity contribution is -0.192. The molecule has 0 amide bonds. The second-order valence-corrected chi connectivity index (χ2v) is 7.45. The van der Waals surface area contributed by atoms with Crippen molar-refractivity contribution in [2.75, 3.05) is 6.61 Å². The molecule has 1 aromatic carbocycles. The number of aryl methyl sites for hydroxylation is 3. The summed E-state index contributed by atoms with van der Waals surface area (Å²) >= 11 is 0. The molecule has 4 rings (SSSR count). The standard InChI is InChI=1S/C18H23N3O.C2HF3O2/c1-20-12-19-17-10-21(16(11-22)8-18(17)20)9-13-5-6-14-3-2-4-15(14)7-13;3-2(4,5)1(6)7/h5-7,12,16,22H,2-4,8-11H2,1H3;(H,6,7). The van der Waals surface area contributed by atoms with Crippen LogP contribution in [0.15, 0.2) is 24.5 Å². The smallest absolute Gasteiger partial charge is 0.475 e. The van der Waals surface area contributed by atoms with E-state index in [0.29, 0.717) is 0 Å². The van der Waals surface area contributed by atoms with E-state index in [4.69, 9.17) is 9.90 Å². The van der Waals surface area contributed by atoms with E-state index in [9.17, 15) is 18.3 Å². The van der Waals surface area contributed by atoms with Crippen molar-refractivity contribution in [3.05, 3.63) is 52.6 Å². The van der Waals surface area contributed by atoms with Crippen LogP contribution in [0.2, 0.25) is 0 Å². The molecule has 29 heavy (non-hydrogen) atoms. The number of alkyl halides is 3. The average Bonchev–Trinajstić information content (AvgIpc) is 3.27. The molecular weight excluding hydrogens is 387 g/mol. The van der Waals surface area contributed by atoms with Gasteiger partial charge in [0.2, 0.25) is 0 Å². The van der Waals surface area contributed by atoms with Crippen LogP contribution in [0.4, 0.5) is 13.2 Å². The fourth-order valence-corrected chi connectivity index (χ4v) is 3.89. The number of hydrogen-bond acceptors (Lipinski definition) is 4. The minimum absolute atomic E-state index is 0.191. The highest BCUT2D eigenvalue weighted by Gasteiger charge is 2.38. The monoisotopic (exact) mass is 411 g/mol. The molecule has 0 bridgehead atoms. The van der Waals surface area contributed by atoms with E-state index in [-0.39, 0.29) is 12.6 Å². The maximum Gasteiger partial charge on any atom is 0.490 e. The molecule has 9 heteroatoms. The van der Waals surface area contributed by atoms with Crippen LogP contribution in [-0.2, 0) is 44.2 Å². The van der Waals surface area contributed by atoms with Crippen LogP contribution in [0.5, 0.6) is 0 Å². The number of hydrogen-bond donors (Lipinski definition) is 2. The molecule has 1 aliphatic heterocycles. The SMILES string of the molecule is Cn1cnc2c1CC(CO)N(Cc1ccc3c(c1)CCC3)C2.O=C(O)C(F)(F)F. The number of carboxylic acid groups (broad SMARTS) is 1. The second-order valence-electron chi connectivity index (χ2n) is 7.45. The van der Waals surface area contributed by atoms with Crippen LogP contribution in [0, 0.1) is 0 Å². The molecule has 2 N–H and O–H groups in total. The quantitative estimate of drug-likeness (QED) is 0.811. The van der Waals surface area contributed by atoms with Crippen molar-refractivity contribution < 1.29 is 28.2 Å². The van der Waals surface area contributed by atoms with Crippen molar-refractivity contribution in [3.63, 3.8) is 0 Å². The summed E-state index contributed by atoms with van der Waals surface area (Å²) in [5, 5.41) is 16.9. The molecule has 1 atom stereocenters. The summed E-state index contributed by atoms with van der Waals surface area (Å²) in [5.41, 5.74) is 6.83. The van der Waals surface area contributed by atoms with Crippen LogP contribution < -0.4 is 0 Å². The summed E-state index contributed by atoms with van der Waals surface area (Å²) in [6.07, 6.45) is 1.43. The Morgan fingerprint density at radius 1 is 1.28 bits per heavy atom. The van der Waals surface area contributed by atoms with Gasteiger partial charge >= 0.3 is 12.1 Å². The summed E-state index contributed by atoms with van der Waals surface area (Å²) in [4.78, 5) is 15.8. The zero-order chi connectivity index (χ0) is 21.2. The maximum absolute atomic E-state index is 10.6. The molecule has 1 aliphatic carbocycles. The first-order chi connectivity index (χ1) is 13.7. The van der Waals surface area contributed by atoms with Crippen LogP contribution in [0.25, 0.3) is 0 Å². The third-order valence-electron chi connectivity index (χ3n) is 5.45. The Balaban J connectivity index is 0.000000298. The topological polar surface area (TPSA) is 78.6 Å². The zero-order valence-corrected chi connectivity index (χ0v) is 16.1. The minimum atomic E-state index is -5.08. The van der Waals surface area contributed by atoms with Gasteiger partial charge in [0.05, 0.1) is 18.6 Å². The van der Waals surface area contributed by atoms with E-state index in [1.165, 1.54) is 41.6 Å². The van der Waals surface area contributed by atoms with Crippen LogP contribution in [0.3, 0.4) is 0 Å². The first-order valence-electron chi connectivity index (χ1n) is 9.43. The maximum atomic E-state index is 10.6. The van der Waals surface area contributed by atoms with E-state index in [0.717, 1.165) is 25.2 Å². The number of halogens is 3. The molecule has 0 saturated carbocycles. The van der Waals surface area contributed by atoms with E-state index < -0.39 is 12.1 Å². The van der Waals surface area contributed by atoms with Crippen molar-refractivity contribution in [2.24, 2.45) is 7.05 Å². The molecular formula is C20H24F3N3O3. The molecule has 6 nitrogen and oxygen atoms in total. The highest BCUT2D eigenvalue weighted by atomic mass is 19.4. The van der Waals surface area contributed by atoms with Crippen LogP contribution >= 0.6 is 0 Å². The number of fused-ring (bicyclic) bond motifs is 2. The van der Waals surface area contributed by atoms with Crippen molar-refractivity contribution in [3.8, 4) is 0 Å². The number of aliphatic carboxylic acids is 1. The van der Waals surface area contributed by atoms with E-state index in [2.05, 4.69) is 32.7 Å². The van der Waals surface area contributed by atoms with E-state index in [1.807, 2.05) is 13.4 Å². The molecule has 1 aromatic heterocycles. The van der Waals surface area contributed by atoms with Crippen molar-refractivity contribution in [1.29, 1.82) is 0 Å². The minimum Gasteiger partial charge on any atom is -0.475 e. The highest BCUT2D eigenvalue weighted by molar-refractivity contribution is 5.73.